The zero-order chi connectivity index (χ0) is 10.8. The molecule has 0 radical (unpaired) electrons. The Morgan fingerprint density at radius 3 is 2.29 bits per heavy atom. The Hall–Kier alpha value is -0.610. The predicted octanol–water partition coefficient (Wildman–Crippen LogP) is 0.520. The van der Waals surface area contributed by atoms with Crippen LogP contribution < -0.4 is 5.73 Å². The number of hydrogen-bond donors (Lipinski definition) is 2. The summed E-state index contributed by atoms with van der Waals surface area (Å²) in [6.07, 6.45) is 1.92. The van der Waals surface area contributed by atoms with Crippen molar-refractivity contribution in [3.8, 4) is 0 Å². The van der Waals surface area contributed by atoms with E-state index in [-0.39, 0.29) is 5.92 Å². The van der Waals surface area contributed by atoms with Gasteiger partial charge in [-0.15, -0.1) is 0 Å². The van der Waals surface area contributed by atoms with E-state index in [0.29, 0.717) is 6.54 Å². The largest absolute Gasteiger partial charge is 0.480 e. The van der Waals surface area contributed by atoms with Crippen molar-refractivity contribution in [2.75, 3.05) is 19.6 Å². The number of carboxylic acids is 1. The first-order chi connectivity index (χ1) is 6.54. The van der Waals surface area contributed by atoms with Crippen molar-refractivity contribution in [2.45, 2.75) is 32.2 Å². The van der Waals surface area contributed by atoms with Crippen LogP contribution in [0.4, 0.5) is 0 Å². The van der Waals surface area contributed by atoms with Gasteiger partial charge in [0.1, 0.15) is 5.54 Å². The highest BCUT2D eigenvalue weighted by atomic mass is 16.4. The van der Waals surface area contributed by atoms with Crippen molar-refractivity contribution in [3.05, 3.63) is 0 Å². The molecule has 4 heteroatoms. The molecule has 0 aromatic carbocycles. The lowest BCUT2D eigenvalue weighted by Crippen LogP contribution is -2.57. The maximum Gasteiger partial charge on any atom is 0.325 e. The van der Waals surface area contributed by atoms with E-state index in [1.165, 1.54) is 0 Å². The first-order valence-electron chi connectivity index (χ1n) is 5.29. The molecule has 1 aliphatic carbocycles. The van der Waals surface area contributed by atoms with Gasteiger partial charge in [0.25, 0.3) is 0 Å². The average molecular weight is 200 g/mol. The zero-order valence-corrected chi connectivity index (χ0v) is 8.99. The average Bonchev–Trinajstić information content (AvgIpc) is 2.96. The van der Waals surface area contributed by atoms with Gasteiger partial charge >= 0.3 is 5.97 Å². The second kappa shape index (κ2) is 4.28. The van der Waals surface area contributed by atoms with Crippen LogP contribution >= 0.6 is 0 Å². The molecule has 0 aromatic rings. The highest BCUT2D eigenvalue weighted by Crippen LogP contribution is 2.38. The van der Waals surface area contributed by atoms with Crippen molar-refractivity contribution in [3.63, 3.8) is 0 Å². The molecule has 1 atom stereocenters. The summed E-state index contributed by atoms with van der Waals surface area (Å²) in [6.45, 7) is 6.24. The number of aliphatic carboxylic acids is 1. The summed E-state index contributed by atoms with van der Waals surface area (Å²) in [4.78, 5) is 13.2. The van der Waals surface area contributed by atoms with Gasteiger partial charge in [-0.05, 0) is 31.8 Å². The van der Waals surface area contributed by atoms with E-state index in [9.17, 15) is 4.79 Å². The third-order valence-electron chi connectivity index (χ3n) is 3.08. The van der Waals surface area contributed by atoms with Crippen LogP contribution in [0.25, 0.3) is 0 Å². The molecule has 0 amide bonds. The lowest BCUT2D eigenvalue weighted by Gasteiger charge is -2.30. The van der Waals surface area contributed by atoms with Gasteiger partial charge in [0.05, 0.1) is 0 Å². The first kappa shape index (κ1) is 11.5. The second-order valence-corrected chi connectivity index (χ2v) is 4.08. The number of rotatable bonds is 6. The quantitative estimate of drug-likeness (QED) is 0.656. The van der Waals surface area contributed by atoms with Crippen LogP contribution in [0.2, 0.25) is 0 Å². The summed E-state index contributed by atoms with van der Waals surface area (Å²) in [7, 11) is 0. The third-order valence-corrected chi connectivity index (χ3v) is 3.08. The summed E-state index contributed by atoms with van der Waals surface area (Å²) in [5.41, 5.74) is 4.94. The van der Waals surface area contributed by atoms with Crippen molar-refractivity contribution in [2.24, 2.45) is 11.7 Å². The Kier molecular flexibility index (Phi) is 3.50. The van der Waals surface area contributed by atoms with Crippen LogP contribution in [0.3, 0.4) is 0 Å². The van der Waals surface area contributed by atoms with Crippen molar-refractivity contribution in [1.82, 2.24) is 4.90 Å². The van der Waals surface area contributed by atoms with Gasteiger partial charge in [-0.25, -0.2) is 0 Å². The minimum absolute atomic E-state index is 0.181. The van der Waals surface area contributed by atoms with Crippen LogP contribution in [0, 0.1) is 5.92 Å². The van der Waals surface area contributed by atoms with Gasteiger partial charge in [0.15, 0.2) is 0 Å². The van der Waals surface area contributed by atoms with E-state index >= 15 is 0 Å². The van der Waals surface area contributed by atoms with Gasteiger partial charge in [0.2, 0.25) is 0 Å². The molecule has 0 spiro atoms. The lowest BCUT2D eigenvalue weighted by atomic mass is 9.94. The fourth-order valence-electron chi connectivity index (χ4n) is 1.79. The number of carbonyl (C=O) groups is 1. The van der Waals surface area contributed by atoms with Crippen molar-refractivity contribution < 1.29 is 9.90 Å². The summed E-state index contributed by atoms with van der Waals surface area (Å²) in [5, 5.41) is 9.13. The lowest BCUT2D eigenvalue weighted by molar-refractivity contribution is -0.145. The monoisotopic (exact) mass is 200 g/mol. The number of carboxylic acid groups (broad SMARTS) is 1. The molecule has 0 aromatic heterocycles. The van der Waals surface area contributed by atoms with E-state index in [1.807, 2.05) is 13.8 Å². The fourth-order valence-corrected chi connectivity index (χ4v) is 1.79. The highest BCUT2D eigenvalue weighted by Gasteiger charge is 2.48. The number of nitrogens with two attached hydrogens (primary N) is 1. The third kappa shape index (κ3) is 2.25. The molecule has 1 aliphatic rings. The summed E-state index contributed by atoms with van der Waals surface area (Å²) in [5.74, 6) is -0.674. The van der Waals surface area contributed by atoms with Crippen molar-refractivity contribution >= 4 is 5.97 Å². The standard InChI is InChI=1S/C10H20N2O2/c1-3-12(4-2)7-10(11,9(13)14)8-5-6-8/h8H,3-7,11H2,1-2H3,(H,13,14). The Labute approximate surface area is 85.1 Å². The van der Waals surface area contributed by atoms with Gasteiger partial charge < -0.3 is 15.7 Å². The molecule has 0 saturated heterocycles. The smallest absolute Gasteiger partial charge is 0.325 e. The first-order valence-corrected chi connectivity index (χ1v) is 5.29. The molecular weight excluding hydrogens is 180 g/mol. The maximum absolute atomic E-state index is 11.1. The number of nitrogens with zero attached hydrogens (tertiary/aromatic N) is 1. The molecule has 82 valence electrons. The normalized spacial score (nSPS) is 20.9. The molecule has 3 N–H and O–H groups in total. The topological polar surface area (TPSA) is 66.6 Å². The van der Waals surface area contributed by atoms with Crippen LogP contribution in [0.1, 0.15) is 26.7 Å². The molecule has 1 unspecified atom stereocenters. The van der Waals surface area contributed by atoms with Gasteiger partial charge in [-0.1, -0.05) is 13.8 Å². The molecule has 1 rings (SSSR count). The van der Waals surface area contributed by atoms with E-state index in [0.717, 1.165) is 25.9 Å². The molecule has 0 bridgehead atoms. The Balaban J connectivity index is 2.63. The molecular formula is C10H20N2O2. The molecule has 4 nitrogen and oxygen atoms in total. The van der Waals surface area contributed by atoms with Crippen LogP contribution in [0.5, 0.6) is 0 Å². The van der Waals surface area contributed by atoms with Gasteiger partial charge in [-0.3, -0.25) is 4.79 Å². The second-order valence-electron chi connectivity index (χ2n) is 4.08. The minimum Gasteiger partial charge on any atom is -0.480 e. The summed E-state index contributed by atoms with van der Waals surface area (Å²) < 4.78 is 0. The Morgan fingerprint density at radius 1 is 1.50 bits per heavy atom. The number of hydrogen-bond acceptors (Lipinski definition) is 3. The van der Waals surface area contributed by atoms with E-state index in [2.05, 4.69) is 4.90 Å². The Bertz CT molecular complexity index is 212. The fraction of sp³-hybridized carbons (Fsp3) is 0.900. The number of likely N-dealkylation sites (N-methyl/N-ethyl adjacent to an activating group) is 1. The Morgan fingerprint density at radius 2 is 2.00 bits per heavy atom. The van der Waals surface area contributed by atoms with Crippen LogP contribution in [-0.4, -0.2) is 41.1 Å². The summed E-state index contributed by atoms with van der Waals surface area (Å²) in [6, 6.07) is 0. The molecule has 14 heavy (non-hydrogen) atoms. The molecule has 0 heterocycles. The van der Waals surface area contributed by atoms with E-state index < -0.39 is 11.5 Å². The van der Waals surface area contributed by atoms with Crippen molar-refractivity contribution in [1.29, 1.82) is 0 Å². The minimum atomic E-state index is -1.02. The van der Waals surface area contributed by atoms with Crippen LogP contribution in [0.15, 0.2) is 0 Å². The van der Waals surface area contributed by atoms with Crippen LogP contribution in [-0.2, 0) is 4.79 Å². The zero-order valence-electron chi connectivity index (χ0n) is 8.99. The maximum atomic E-state index is 11.1. The van der Waals surface area contributed by atoms with E-state index in [1.54, 1.807) is 0 Å². The summed E-state index contributed by atoms with van der Waals surface area (Å²) >= 11 is 0. The van der Waals surface area contributed by atoms with Gasteiger partial charge in [0, 0.05) is 6.54 Å². The SMILES string of the molecule is CCN(CC)CC(N)(C(=O)O)C1CC1. The molecule has 1 fully saturated rings. The highest BCUT2D eigenvalue weighted by molar-refractivity contribution is 5.79. The predicted molar refractivity (Wildman–Crippen MR) is 55.1 cm³/mol. The van der Waals surface area contributed by atoms with E-state index in [4.69, 9.17) is 10.8 Å². The molecule has 1 saturated carbocycles. The molecule has 0 aliphatic heterocycles. The van der Waals surface area contributed by atoms with Gasteiger partial charge in [-0.2, -0.15) is 0 Å².